The lowest BCUT2D eigenvalue weighted by Crippen LogP contribution is -2.41. The molecule has 1 saturated carbocycles. The molecule has 198 valence electrons. The number of nitrogens with zero attached hydrogens (tertiary/aromatic N) is 5. The third-order valence-electron chi connectivity index (χ3n) is 7.55. The molecule has 0 amide bonds. The summed E-state index contributed by atoms with van der Waals surface area (Å²) in [6.45, 7) is 1.18. The summed E-state index contributed by atoms with van der Waals surface area (Å²) in [7, 11) is 0. The van der Waals surface area contributed by atoms with Crippen molar-refractivity contribution in [3.05, 3.63) is 108 Å². The van der Waals surface area contributed by atoms with Gasteiger partial charge in [-0.25, -0.2) is 14.4 Å². The van der Waals surface area contributed by atoms with Crippen molar-refractivity contribution >= 4 is 28.5 Å². The maximum Gasteiger partial charge on any atom is 0.129 e. The molecule has 39 heavy (non-hydrogen) atoms. The number of imidazole rings is 1. The van der Waals surface area contributed by atoms with Crippen molar-refractivity contribution in [3.8, 4) is 11.1 Å². The molecule has 0 radical (unpaired) electrons. The minimum absolute atomic E-state index is 0.246. The predicted octanol–water partition coefficient (Wildman–Crippen LogP) is 6.61. The molecular weight excluding hydrogens is 511 g/mol. The Morgan fingerprint density at radius 1 is 0.949 bits per heavy atom. The van der Waals surface area contributed by atoms with Gasteiger partial charge in [0.05, 0.1) is 34.6 Å². The average molecular weight is 541 g/mol. The second kappa shape index (κ2) is 11.1. The molecular formula is C31H30ClFN6. The fourth-order valence-electron chi connectivity index (χ4n) is 5.46. The summed E-state index contributed by atoms with van der Waals surface area (Å²) in [5, 5.41) is 0.581. The number of benzene rings is 2. The number of hydrogen-bond acceptors (Lipinski definition) is 5. The van der Waals surface area contributed by atoms with E-state index in [-0.39, 0.29) is 11.9 Å². The Kier molecular flexibility index (Phi) is 7.26. The van der Waals surface area contributed by atoms with E-state index in [1.54, 1.807) is 24.7 Å². The van der Waals surface area contributed by atoms with Gasteiger partial charge in [0.1, 0.15) is 11.6 Å². The molecule has 5 aromatic rings. The maximum absolute atomic E-state index is 13.8. The molecule has 0 aliphatic heterocycles. The lowest BCUT2D eigenvalue weighted by molar-refractivity contribution is 0.372. The Hall–Kier alpha value is -3.81. The van der Waals surface area contributed by atoms with Crippen molar-refractivity contribution < 1.29 is 4.39 Å². The van der Waals surface area contributed by atoms with Crippen molar-refractivity contribution in [3.63, 3.8) is 0 Å². The van der Waals surface area contributed by atoms with Gasteiger partial charge in [-0.3, -0.25) is 4.98 Å². The molecule has 0 spiro atoms. The second-order valence-electron chi connectivity index (χ2n) is 10.2. The monoisotopic (exact) mass is 540 g/mol. The van der Waals surface area contributed by atoms with E-state index >= 15 is 0 Å². The summed E-state index contributed by atoms with van der Waals surface area (Å²) in [5.41, 5.74) is 11.8. The highest BCUT2D eigenvalue weighted by molar-refractivity contribution is 6.33. The topological polar surface area (TPSA) is 72.9 Å². The van der Waals surface area contributed by atoms with Crippen LogP contribution in [0.1, 0.15) is 36.9 Å². The van der Waals surface area contributed by atoms with Crippen LogP contribution in [0.25, 0.3) is 22.2 Å². The second-order valence-corrected chi connectivity index (χ2v) is 10.7. The van der Waals surface area contributed by atoms with Crippen molar-refractivity contribution in [2.75, 3.05) is 4.90 Å². The molecule has 2 N–H and O–H groups in total. The predicted molar refractivity (Wildman–Crippen MR) is 154 cm³/mol. The fraction of sp³-hybridized carbons (Fsp3) is 0.258. The standard InChI is InChI=1S/C31H30ClFN6/c32-28-17-36-31(39(19-25-6-1-2-13-35-25)26-10-8-24(34)9-11-26)16-27(28)22-7-12-29-30(15-22)38(20-37-29)18-21-4-3-5-23(33)14-21/h1-7,12-17,20,24,26H,8-11,18-19,34H2. The SMILES string of the molecule is NC1CCC(N(Cc2ccccn2)c2cc(-c3ccc4ncn(Cc5cccc(F)c5)c4c3)c(Cl)cn2)CC1. The number of hydrogen-bond donors (Lipinski definition) is 1. The van der Waals surface area contributed by atoms with Crippen LogP contribution in [0.5, 0.6) is 0 Å². The van der Waals surface area contributed by atoms with Crippen molar-refractivity contribution in [2.24, 2.45) is 5.73 Å². The first-order valence-corrected chi connectivity index (χ1v) is 13.7. The molecule has 6 rings (SSSR count). The summed E-state index contributed by atoms with van der Waals surface area (Å²) in [4.78, 5) is 16.2. The molecule has 3 heterocycles. The van der Waals surface area contributed by atoms with Crippen molar-refractivity contribution in [1.82, 2.24) is 19.5 Å². The van der Waals surface area contributed by atoms with Crippen molar-refractivity contribution in [2.45, 2.75) is 50.9 Å². The minimum Gasteiger partial charge on any atom is -0.348 e. The Labute approximate surface area is 232 Å². The fourth-order valence-corrected chi connectivity index (χ4v) is 5.68. The zero-order valence-electron chi connectivity index (χ0n) is 21.5. The summed E-state index contributed by atoms with van der Waals surface area (Å²) in [5.74, 6) is 0.623. The molecule has 0 atom stereocenters. The van der Waals surface area contributed by atoms with Crippen LogP contribution in [0, 0.1) is 5.82 Å². The largest absolute Gasteiger partial charge is 0.348 e. The highest BCUT2D eigenvalue weighted by Gasteiger charge is 2.26. The van der Waals surface area contributed by atoms with Crippen LogP contribution >= 0.6 is 11.6 Å². The third kappa shape index (κ3) is 5.65. The Morgan fingerprint density at radius 2 is 1.82 bits per heavy atom. The number of halogens is 2. The van der Waals surface area contributed by atoms with Crippen LogP contribution in [0.3, 0.4) is 0 Å². The maximum atomic E-state index is 13.8. The highest BCUT2D eigenvalue weighted by Crippen LogP contribution is 2.35. The third-order valence-corrected chi connectivity index (χ3v) is 7.85. The number of anilines is 1. The molecule has 3 aromatic heterocycles. The summed E-state index contributed by atoms with van der Waals surface area (Å²) < 4.78 is 15.8. The molecule has 1 aliphatic carbocycles. The quantitative estimate of drug-likeness (QED) is 0.251. The van der Waals surface area contributed by atoms with Crippen LogP contribution in [-0.2, 0) is 13.1 Å². The van der Waals surface area contributed by atoms with Gasteiger partial charge in [-0.05, 0) is 79.3 Å². The Morgan fingerprint density at radius 3 is 2.62 bits per heavy atom. The zero-order valence-corrected chi connectivity index (χ0v) is 22.3. The van der Waals surface area contributed by atoms with Gasteiger partial charge in [-0.2, -0.15) is 0 Å². The molecule has 2 aromatic carbocycles. The molecule has 0 bridgehead atoms. The van der Waals surface area contributed by atoms with E-state index in [1.807, 2.05) is 47.2 Å². The summed E-state index contributed by atoms with van der Waals surface area (Å²) in [6, 6.07) is 21.4. The summed E-state index contributed by atoms with van der Waals surface area (Å²) >= 11 is 6.74. The van der Waals surface area contributed by atoms with Gasteiger partial charge >= 0.3 is 0 Å². The van der Waals surface area contributed by atoms with Gasteiger partial charge in [-0.1, -0.05) is 35.9 Å². The van der Waals surface area contributed by atoms with E-state index in [0.717, 1.165) is 64.9 Å². The number of nitrogens with two attached hydrogens (primary N) is 1. The normalized spacial score (nSPS) is 17.4. The first-order valence-electron chi connectivity index (χ1n) is 13.3. The smallest absolute Gasteiger partial charge is 0.129 e. The van der Waals surface area contributed by atoms with Gasteiger partial charge < -0.3 is 15.2 Å². The Bertz CT molecular complexity index is 1580. The molecule has 1 aliphatic rings. The first-order chi connectivity index (χ1) is 19.0. The van der Waals surface area contributed by atoms with E-state index < -0.39 is 0 Å². The van der Waals surface area contributed by atoms with Crippen molar-refractivity contribution in [1.29, 1.82) is 0 Å². The molecule has 6 nitrogen and oxygen atoms in total. The lowest BCUT2D eigenvalue weighted by atomic mass is 9.90. The van der Waals surface area contributed by atoms with Crippen LogP contribution in [-0.4, -0.2) is 31.6 Å². The van der Waals surface area contributed by atoms with E-state index in [0.29, 0.717) is 24.2 Å². The van der Waals surface area contributed by atoms with E-state index in [1.165, 1.54) is 6.07 Å². The Balaban J connectivity index is 1.36. The van der Waals surface area contributed by atoms with Gasteiger partial charge in [0.2, 0.25) is 0 Å². The molecule has 0 saturated heterocycles. The number of fused-ring (bicyclic) bond motifs is 1. The van der Waals surface area contributed by atoms with Gasteiger partial charge in [-0.15, -0.1) is 0 Å². The number of rotatable bonds is 7. The van der Waals surface area contributed by atoms with Crippen LogP contribution in [0.2, 0.25) is 5.02 Å². The van der Waals surface area contributed by atoms with E-state index in [9.17, 15) is 4.39 Å². The lowest BCUT2D eigenvalue weighted by Gasteiger charge is -2.37. The van der Waals surface area contributed by atoms with Gasteiger partial charge in [0, 0.05) is 36.6 Å². The minimum atomic E-state index is -0.246. The molecule has 0 unspecified atom stereocenters. The van der Waals surface area contributed by atoms with E-state index in [4.69, 9.17) is 22.3 Å². The van der Waals surface area contributed by atoms with Crippen LogP contribution in [0.15, 0.2) is 85.5 Å². The van der Waals surface area contributed by atoms with Crippen LogP contribution < -0.4 is 10.6 Å². The molecule has 8 heteroatoms. The first kappa shape index (κ1) is 25.5. The van der Waals surface area contributed by atoms with Crippen LogP contribution in [0.4, 0.5) is 10.2 Å². The highest BCUT2D eigenvalue weighted by atomic mass is 35.5. The summed E-state index contributed by atoms with van der Waals surface area (Å²) in [6.07, 6.45) is 9.37. The molecule has 1 fully saturated rings. The van der Waals surface area contributed by atoms with Gasteiger partial charge in [0.15, 0.2) is 0 Å². The van der Waals surface area contributed by atoms with E-state index in [2.05, 4.69) is 27.0 Å². The average Bonchev–Trinajstić information content (AvgIpc) is 3.35. The number of aromatic nitrogens is 4. The van der Waals surface area contributed by atoms with Gasteiger partial charge in [0.25, 0.3) is 0 Å². The number of pyridine rings is 2. The zero-order chi connectivity index (χ0) is 26.8.